The summed E-state index contributed by atoms with van der Waals surface area (Å²) in [6.07, 6.45) is 0. The molecule has 1 aromatic heterocycles. The Bertz CT molecular complexity index is 1430. The van der Waals surface area contributed by atoms with E-state index in [0.717, 1.165) is 5.56 Å². The third-order valence-electron chi connectivity index (χ3n) is 6.40. The third-order valence-corrected chi connectivity index (χ3v) is 6.40. The Morgan fingerprint density at radius 2 is 1.60 bits per heavy atom. The van der Waals surface area contributed by atoms with Crippen LogP contribution in [0.25, 0.3) is 16.6 Å². The van der Waals surface area contributed by atoms with Crippen molar-refractivity contribution in [1.29, 1.82) is 0 Å². The van der Waals surface area contributed by atoms with Gasteiger partial charge in [0.05, 0.1) is 29.7 Å². The molecule has 0 spiro atoms. The molecule has 1 amide bonds. The van der Waals surface area contributed by atoms with Crippen molar-refractivity contribution in [3.63, 3.8) is 0 Å². The summed E-state index contributed by atoms with van der Waals surface area (Å²) in [5.74, 6) is 0.860. The van der Waals surface area contributed by atoms with E-state index in [0.29, 0.717) is 33.7 Å². The van der Waals surface area contributed by atoms with Gasteiger partial charge in [0.1, 0.15) is 11.6 Å². The summed E-state index contributed by atoms with van der Waals surface area (Å²) in [5.41, 5.74) is 2.69. The molecule has 0 saturated carbocycles. The number of fused-ring (bicyclic) bond motifs is 1. The smallest absolute Gasteiger partial charge is 0.266 e. The number of benzene rings is 3. The van der Waals surface area contributed by atoms with Crippen molar-refractivity contribution in [2.24, 2.45) is 0 Å². The van der Waals surface area contributed by atoms with Gasteiger partial charge < -0.3 is 9.64 Å². The van der Waals surface area contributed by atoms with Gasteiger partial charge in [0.2, 0.25) is 0 Å². The molecule has 4 aromatic rings. The number of aromatic nitrogens is 2. The van der Waals surface area contributed by atoms with Crippen molar-refractivity contribution in [3.05, 3.63) is 100 Å². The lowest BCUT2D eigenvalue weighted by molar-refractivity contribution is 0.0735. The molecule has 4 rings (SSSR count). The molecule has 1 unspecified atom stereocenters. The molecule has 0 fully saturated rings. The Balaban J connectivity index is 1.82. The minimum atomic E-state index is -0.494. The first-order chi connectivity index (χ1) is 16.6. The molecule has 0 bridgehead atoms. The number of amides is 1. The van der Waals surface area contributed by atoms with Gasteiger partial charge in [-0.05, 0) is 54.3 Å². The molecule has 6 nitrogen and oxygen atoms in total. The Hall–Kier alpha value is -3.93. The van der Waals surface area contributed by atoms with Crippen molar-refractivity contribution >= 4 is 16.8 Å². The number of para-hydroxylation sites is 3. The van der Waals surface area contributed by atoms with Gasteiger partial charge in [-0.25, -0.2) is 4.98 Å². The highest BCUT2D eigenvalue weighted by Crippen LogP contribution is 2.28. The quantitative estimate of drug-likeness (QED) is 0.386. The lowest BCUT2D eigenvalue weighted by Gasteiger charge is -2.28. The summed E-state index contributed by atoms with van der Waals surface area (Å²) in [7, 11) is 3.30. The van der Waals surface area contributed by atoms with Crippen LogP contribution in [-0.2, 0) is 5.41 Å². The maximum Gasteiger partial charge on any atom is 0.266 e. The van der Waals surface area contributed by atoms with Gasteiger partial charge in [0.25, 0.3) is 11.5 Å². The summed E-state index contributed by atoms with van der Waals surface area (Å²) in [6.45, 7) is 8.30. The number of nitrogens with zero attached hydrogens (tertiary/aromatic N) is 3. The van der Waals surface area contributed by atoms with Gasteiger partial charge in [-0.1, -0.05) is 57.2 Å². The van der Waals surface area contributed by atoms with Crippen molar-refractivity contribution in [2.45, 2.75) is 39.2 Å². The maximum absolute atomic E-state index is 13.7. The van der Waals surface area contributed by atoms with Crippen LogP contribution >= 0.6 is 0 Å². The van der Waals surface area contributed by atoms with Crippen LogP contribution in [0.4, 0.5) is 0 Å². The minimum Gasteiger partial charge on any atom is -0.495 e. The average Bonchev–Trinajstić information content (AvgIpc) is 2.87. The zero-order chi connectivity index (χ0) is 25.3. The molecule has 180 valence electrons. The molecule has 1 atom stereocenters. The van der Waals surface area contributed by atoms with Crippen molar-refractivity contribution < 1.29 is 9.53 Å². The van der Waals surface area contributed by atoms with Gasteiger partial charge in [-0.2, -0.15) is 0 Å². The van der Waals surface area contributed by atoms with E-state index in [1.807, 2.05) is 67.6 Å². The molecule has 0 saturated heterocycles. The maximum atomic E-state index is 13.7. The van der Waals surface area contributed by atoms with Crippen molar-refractivity contribution in [2.75, 3.05) is 14.2 Å². The monoisotopic (exact) mass is 469 g/mol. The predicted octanol–water partition coefficient (Wildman–Crippen LogP) is 5.53. The van der Waals surface area contributed by atoms with E-state index >= 15 is 0 Å². The lowest BCUT2D eigenvalue weighted by Crippen LogP contribution is -2.35. The number of carbonyl (C=O) groups excluding carboxylic acids is 1. The normalized spacial score (nSPS) is 12.4. The van der Waals surface area contributed by atoms with E-state index in [2.05, 4.69) is 20.8 Å². The van der Waals surface area contributed by atoms with E-state index < -0.39 is 6.04 Å². The second kappa shape index (κ2) is 9.37. The van der Waals surface area contributed by atoms with Crippen LogP contribution in [0.3, 0.4) is 0 Å². The first kappa shape index (κ1) is 24.2. The number of methoxy groups -OCH3 is 1. The van der Waals surface area contributed by atoms with Gasteiger partial charge >= 0.3 is 0 Å². The summed E-state index contributed by atoms with van der Waals surface area (Å²) in [5, 5.41) is 0.501. The Morgan fingerprint density at radius 1 is 0.971 bits per heavy atom. The van der Waals surface area contributed by atoms with Crippen LogP contribution in [0, 0.1) is 0 Å². The van der Waals surface area contributed by atoms with Crippen LogP contribution in [-0.4, -0.2) is 34.5 Å². The Kier molecular flexibility index (Phi) is 6.48. The number of ether oxygens (including phenoxy) is 1. The molecule has 0 aliphatic heterocycles. The molecule has 1 heterocycles. The highest BCUT2D eigenvalue weighted by Gasteiger charge is 2.26. The number of rotatable bonds is 5. The summed E-state index contributed by atoms with van der Waals surface area (Å²) in [6, 6.07) is 21.8. The largest absolute Gasteiger partial charge is 0.495 e. The average molecular weight is 470 g/mol. The molecule has 0 N–H and O–H groups in total. The van der Waals surface area contributed by atoms with Crippen LogP contribution in [0.1, 0.15) is 55.5 Å². The van der Waals surface area contributed by atoms with Crippen molar-refractivity contribution in [1.82, 2.24) is 14.5 Å². The van der Waals surface area contributed by atoms with E-state index in [1.165, 1.54) is 0 Å². The van der Waals surface area contributed by atoms with Crippen LogP contribution in [0.15, 0.2) is 77.6 Å². The standard InChI is InChI=1S/C29H31N3O3/c1-19(31(5)27(33)20-15-17-21(18-16-20)29(2,3)4)26-30-23-12-8-7-11-22(23)28(34)32(26)24-13-9-10-14-25(24)35-6/h7-19H,1-6H3. The second-order valence-corrected chi connectivity index (χ2v) is 9.72. The zero-order valence-corrected chi connectivity index (χ0v) is 21.1. The van der Waals surface area contributed by atoms with Gasteiger partial charge in [0, 0.05) is 12.6 Å². The molecule has 0 aliphatic carbocycles. The molecule has 0 radical (unpaired) electrons. The zero-order valence-electron chi connectivity index (χ0n) is 21.1. The molecule has 6 heteroatoms. The third kappa shape index (κ3) is 4.56. The van der Waals surface area contributed by atoms with Gasteiger partial charge in [-0.15, -0.1) is 0 Å². The first-order valence-electron chi connectivity index (χ1n) is 11.7. The Labute approximate surface area is 205 Å². The van der Waals surface area contributed by atoms with Gasteiger partial charge in [-0.3, -0.25) is 14.2 Å². The molecule has 35 heavy (non-hydrogen) atoms. The fourth-order valence-corrected chi connectivity index (χ4v) is 4.14. The van der Waals surface area contributed by atoms with E-state index in [1.54, 1.807) is 35.8 Å². The van der Waals surface area contributed by atoms with E-state index in [9.17, 15) is 9.59 Å². The first-order valence-corrected chi connectivity index (χ1v) is 11.7. The minimum absolute atomic E-state index is 0.000589. The molecule has 3 aromatic carbocycles. The lowest BCUT2D eigenvalue weighted by atomic mass is 9.86. The number of hydrogen-bond acceptors (Lipinski definition) is 4. The highest BCUT2D eigenvalue weighted by atomic mass is 16.5. The second-order valence-electron chi connectivity index (χ2n) is 9.72. The fraction of sp³-hybridized carbons (Fsp3) is 0.276. The SMILES string of the molecule is COc1ccccc1-n1c(C(C)N(C)C(=O)c2ccc(C(C)(C)C)cc2)nc2ccccc2c1=O. The highest BCUT2D eigenvalue weighted by molar-refractivity contribution is 5.94. The summed E-state index contributed by atoms with van der Waals surface area (Å²) < 4.78 is 7.10. The topological polar surface area (TPSA) is 64.4 Å². The van der Waals surface area contributed by atoms with Crippen LogP contribution in [0.5, 0.6) is 5.75 Å². The van der Waals surface area contributed by atoms with Crippen LogP contribution < -0.4 is 10.3 Å². The van der Waals surface area contributed by atoms with Gasteiger partial charge in [0.15, 0.2) is 0 Å². The summed E-state index contributed by atoms with van der Waals surface area (Å²) >= 11 is 0. The fourth-order valence-electron chi connectivity index (χ4n) is 4.14. The predicted molar refractivity (Wildman–Crippen MR) is 140 cm³/mol. The number of carbonyl (C=O) groups is 1. The molecule has 0 aliphatic rings. The van der Waals surface area contributed by atoms with E-state index in [4.69, 9.17) is 9.72 Å². The van der Waals surface area contributed by atoms with Crippen molar-refractivity contribution in [3.8, 4) is 11.4 Å². The Morgan fingerprint density at radius 3 is 2.26 bits per heavy atom. The summed E-state index contributed by atoms with van der Waals surface area (Å²) in [4.78, 5) is 33.6. The molecular formula is C29H31N3O3. The van der Waals surface area contributed by atoms with Crippen LogP contribution in [0.2, 0.25) is 0 Å². The van der Waals surface area contributed by atoms with E-state index in [-0.39, 0.29) is 16.9 Å². The number of hydrogen-bond donors (Lipinski definition) is 0. The molecular weight excluding hydrogens is 438 g/mol.